The van der Waals surface area contributed by atoms with E-state index in [1.807, 2.05) is 60.7 Å². The Hall–Kier alpha value is -3.32. The summed E-state index contributed by atoms with van der Waals surface area (Å²) in [5, 5.41) is 11.2. The first kappa shape index (κ1) is 22.9. The van der Waals surface area contributed by atoms with Gasteiger partial charge in [-0.3, -0.25) is 0 Å². The minimum absolute atomic E-state index is 0.444. The van der Waals surface area contributed by atoms with Crippen LogP contribution in [0.5, 0.6) is 0 Å². The molecule has 0 amide bonds. The average molecular weight is 472 g/mol. The second-order valence-corrected chi connectivity index (χ2v) is 8.46. The molecule has 0 aliphatic rings. The Morgan fingerprint density at radius 1 is 0.909 bits per heavy atom. The number of nitriles is 1. The van der Waals surface area contributed by atoms with E-state index in [4.69, 9.17) is 28.2 Å². The van der Waals surface area contributed by atoms with Crippen LogP contribution in [0.2, 0.25) is 10.0 Å². The van der Waals surface area contributed by atoms with Crippen LogP contribution in [-0.2, 0) is 6.54 Å². The summed E-state index contributed by atoms with van der Waals surface area (Å²) in [6, 6.07) is 28.1. The highest BCUT2D eigenvalue weighted by Crippen LogP contribution is 2.43. The maximum Gasteiger partial charge on any atom is 0.151 e. The first-order valence-electron chi connectivity index (χ1n) is 10.9. The highest BCUT2D eigenvalue weighted by atomic mass is 35.5. The second-order valence-electron chi connectivity index (χ2n) is 7.67. The molecule has 0 aliphatic carbocycles. The van der Waals surface area contributed by atoms with Gasteiger partial charge in [0.2, 0.25) is 0 Å². The van der Waals surface area contributed by atoms with E-state index >= 15 is 0 Å². The maximum atomic E-state index is 10.3. The molecular formula is C28H23Cl2N3. The van der Waals surface area contributed by atoms with Gasteiger partial charge in [-0.25, -0.2) is 4.99 Å². The number of hydrogen-bond donors (Lipinski definition) is 0. The van der Waals surface area contributed by atoms with E-state index < -0.39 is 0 Å². The number of aromatic nitrogens is 1. The highest BCUT2D eigenvalue weighted by Gasteiger charge is 2.24. The minimum Gasteiger partial charge on any atom is -0.324 e. The molecular weight excluding hydrogens is 449 g/mol. The van der Waals surface area contributed by atoms with Crippen molar-refractivity contribution in [1.82, 2.24) is 4.57 Å². The fourth-order valence-corrected chi connectivity index (χ4v) is 4.27. The van der Waals surface area contributed by atoms with Crippen molar-refractivity contribution in [2.45, 2.75) is 26.3 Å². The normalized spacial score (nSPS) is 11.1. The summed E-state index contributed by atoms with van der Waals surface area (Å²) in [6.07, 6.45) is 3.68. The van der Waals surface area contributed by atoms with Gasteiger partial charge in [-0.15, -0.1) is 0 Å². The van der Waals surface area contributed by atoms with Gasteiger partial charge in [-0.05, 0) is 23.6 Å². The molecule has 4 rings (SSSR count). The first-order valence-corrected chi connectivity index (χ1v) is 11.7. The Bertz CT molecular complexity index is 1320. The number of benzene rings is 3. The SMILES string of the molecule is CCCCn1c(/N=C/c2cccc(Cl)c2Cl)c(C#N)c(-c2ccccc2)c1-c1ccccc1. The molecule has 0 fully saturated rings. The third kappa shape index (κ3) is 4.73. The molecule has 4 aromatic rings. The fourth-order valence-electron chi connectivity index (χ4n) is 3.91. The van der Waals surface area contributed by atoms with Crippen molar-refractivity contribution >= 4 is 35.2 Å². The molecule has 0 saturated carbocycles. The van der Waals surface area contributed by atoms with E-state index in [1.54, 1.807) is 12.3 Å². The topological polar surface area (TPSA) is 41.1 Å². The standard InChI is InChI=1S/C28H23Cl2N3/c1-2-3-17-33-27(21-13-8-5-9-14-21)25(20-11-6-4-7-12-20)23(18-31)28(33)32-19-22-15-10-16-24(29)26(22)30/h4-16,19H,2-3,17H2,1H3/b32-19+. The van der Waals surface area contributed by atoms with Crippen LogP contribution in [0.4, 0.5) is 5.82 Å². The van der Waals surface area contributed by atoms with Crippen LogP contribution in [-0.4, -0.2) is 10.8 Å². The number of aliphatic imine (C=N–C) groups is 1. The molecule has 0 unspecified atom stereocenters. The lowest BCUT2D eigenvalue weighted by atomic mass is 9.98. The van der Waals surface area contributed by atoms with Crippen LogP contribution in [0.3, 0.4) is 0 Å². The molecule has 5 heteroatoms. The molecule has 164 valence electrons. The van der Waals surface area contributed by atoms with E-state index in [2.05, 4.69) is 29.7 Å². The van der Waals surface area contributed by atoms with Gasteiger partial charge in [0.15, 0.2) is 5.82 Å². The minimum atomic E-state index is 0.444. The van der Waals surface area contributed by atoms with E-state index in [1.165, 1.54) is 0 Å². The Labute approximate surface area is 204 Å². The van der Waals surface area contributed by atoms with Crippen molar-refractivity contribution in [3.8, 4) is 28.5 Å². The van der Waals surface area contributed by atoms with Crippen molar-refractivity contribution in [2.75, 3.05) is 0 Å². The van der Waals surface area contributed by atoms with Gasteiger partial charge < -0.3 is 4.57 Å². The fraction of sp³-hybridized carbons (Fsp3) is 0.143. The molecule has 0 spiro atoms. The van der Waals surface area contributed by atoms with Crippen molar-refractivity contribution < 1.29 is 0 Å². The van der Waals surface area contributed by atoms with Gasteiger partial charge >= 0.3 is 0 Å². The second kappa shape index (κ2) is 10.5. The van der Waals surface area contributed by atoms with E-state index in [0.717, 1.165) is 41.8 Å². The van der Waals surface area contributed by atoms with E-state index in [9.17, 15) is 5.26 Å². The molecule has 0 aliphatic heterocycles. The van der Waals surface area contributed by atoms with E-state index in [0.29, 0.717) is 27.0 Å². The monoisotopic (exact) mass is 471 g/mol. The molecule has 1 aromatic heterocycles. The van der Waals surface area contributed by atoms with Crippen molar-refractivity contribution in [3.05, 3.63) is 100 Å². The molecule has 0 atom stereocenters. The lowest BCUT2D eigenvalue weighted by Crippen LogP contribution is -2.01. The van der Waals surface area contributed by atoms with Gasteiger partial charge in [0.05, 0.1) is 15.7 Å². The third-order valence-corrected chi connectivity index (χ3v) is 6.33. The molecule has 33 heavy (non-hydrogen) atoms. The van der Waals surface area contributed by atoms with Crippen molar-refractivity contribution in [2.24, 2.45) is 4.99 Å². The number of nitrogens with zero attached hydrogens (tertiary/aromatic N) is 3. The summed E-state index contributed by atoms with van der Waals surface area (Å²) in [6.45, 7) is 2.90. The zero-order valence-corrected chi connectivity index (χ0v) is 19.8. The Balaban J connectivity index is 2.01. The number of rotatable bonds is 7. The summed E-state index contributed by atoms with van der Waals surface area (Å²) in [4.78, 5) is 4.81. The average Bonchev–Trinajstić information content (AvgIpc) is 3.17. The number of halogens is 2. The molecule has 3 nitrogen and oxygen atoms in total. The zero-order chi connectivity index (χ0) is 23.2. The van der Waals surface area contributed by atoms with Crippen LogP contribution in [0.25, 0.3) is 22.4 Å². The van der Waals surface area contributed by atoms with Crippen LogP contribution < -0.4 is 0 Å². The lowest BCUT2D eigenvalue weighted by Gasteiger charge is -2.13. The van der Waals surface area contributed by atoms with Gasteiger partial charge in [-0.1, -0.05) is 109 Å². The Kier molecular flexibility index (Phi) is 7.29. The molecule has 0 saturated heterocycles. The quantitative estimate of drug-likeness (QED) is 0.249. The maximum absolute atomic E-state index is 10.3. The summed E-state index contributed by atoms with van der Waals surface area (Å²) in [5.74, 6) is 0.625. The van der Waals surface area contributed by atoms with Crippen molar-refractivity contribution in [3.63, 3.8) is 0 Å². The van der Waals surface area contributed by atoms with Crippen LogP contribution >= 0.6 is 23.2 Å². The van der Waals surface area contributed by atoms with Crippen LogP contribution in [0, 0.1) is 11.3 Å². The largest absolute Gasteiger partial charge is 0.324 e. The van der Waals surface area contributed by atoms with Gasteiger partial charge in [0.1, 0.15) is 11.6 Å². The van der Waals surface area contributed by atoms with Gasteiger partial charge in [0.25, 0.3) is 0 Å². The first-order chi connectivity index (χ1) is 16.2. The molecule has 0 N–H and O–H groups in total. The zero-order valence-electron chi connectivity index (χ0n) is 18.3. The van der Waals surface area contributed by atoms with Crippen LogP contribution in [0.15, 0.2) is 83.9 Å². The molecule has 0 bridgehead atoms. The smallest absolute Gasteiger partial charge is 0.151 e. The molecule has 0 radical (unpaired) electrons. The molecule has 3 aromatic carbocycles. The Morgan fingerprint density at radius 2 is 1.58 bits per heavy atom. The van der Waals surface area contributed by atoms with Gasteiger partial charge in [0, 0.05) is 23.9 Å². The summed E-state index contributed by atoms with van der Waals surface area (Å²) >= 11 is 12.6. The summed E-state index contributed by atoms with van der Waals surface area (Å²) in [7, 11) is 0. The lowest BCUT2D eigenvalue weighted by molar-refractivity contribution is 0.642. The molecule has 1 heterocycles. The number of hydrogen-bond acceptors (Lipinski definition) is 2. The predicted octanol–water partition coefficient (Wildman–Crippen LogP) is 8.55. The summed E-state index contributed by atoms with van der Waals surface area (Å²) in [5.41, 5.74) is 5.18. The van der Waals surface area contributed by atoms with Gasteiger partial charge in [-0.2, -0.15) is 5.26 Å². The predicted molar refractivity (Wildman–Crippen MR) is 139 cm³/mol. The highest BCUT2D eigenvalue weighted by molar-refractivity contribution is 6.43. The third-order valence-electron chi connectivity index (χ3n) is 5.50. The Morgan fingerprint density at radius 3 is 2.21 bits per heavy atom. The van der Waals surface area contributed by atoms with Crippen LogP contribution in [0.1, 0.15) is 30.9 Å². The van der Waals surface area contributed by atoms with Crippen molar-refractivity contribution in [1.29, 1.82) is 5.26 Å². The number of unbranched alkanes of at least 4 members (excludes halogenated alkanes) is 1. The van der Waals surface area contributed by atoms with E-state index in [-0.39, 0.29) is 0 Å². The summed E-state index contributed by atoms with van der Waals surface area (Å²) < 4.78 is 2.16.